The first-order valence-corrected chi connectivity index (χ1v) is 5.59. The summed E-state index contributed by atoms with van der Waals surface area (Å²) in [5, 5.41) is 0.605. The SMILES string of the molecule is Cc1cc(N)c(Cl)cc1-n1c(C)ccc1C. The number of benzene rings is 1. The van der Waals surface area contributed by atoms with Crippen LogP contribution in [0.3, 0.4) is 0 Å². The van der Waals surface area contributed by atoms with Crippen molar-refractivity contribution in [1.29, 1.82) is 0 Å². The van der Waals surface area contributed by atoms with Crippen LogP contribution in [0.4, 0.5) is 5.69 Å². The molecule has 0 fully saturated rings. The highest BCUT2D eigenvalue weighted by molar-refractivity contribution is 6.33. The lowest BCUT2D eigenvalue weighted by molar-refractivity contribution is 0.955. The lowest BCUT2D eigenvalue weighted by Gasteiger charge is -2.14. The second kappa shape index (κ2) is 3.87. The van der Waals surface area contributed by atoms with Crippen molar-refractivity contribution in [3.8, 4) is 5.69 Å². The second-order valence-electron chi connectivity index (χ2n) is 4.11. The zero-order valence-corrected chi connectivity index (χ0v) is 10.5. The van der Waals surface area contributed by atoms with Gasteiger partial charge in [-0.1, -0.05) is 11.6 Å². The molecule has 0 aliphatic rings. The van der Waals surface area contributed by atoms with E-state index in [2.05, 4.69) is 30.5 Å². The first kappa shape index (κ1) is 11.1. The number of halogens is 1. The highest BCUT2D eigenvalue weighted by atomic mass is 35.5. The molecule has 0 saturated heterocycles. The maximum atomic E-state index is 6.07. The maximum absolute atomic E-state index is 6.07. The van der Waals surface area contributed by atoms with Crippen LogP contribution in [-0.4, -0.2) is 4.57 Å². The minimum atomic E-state index is 0.605. The minimum Gasteiger partial charge on any atom is -0.398 e. The van der Waals surface area contributed by atoms with Gasteiger partial charge in [0.05, 0.1) is 10.7 Å². The third kappa shape index (κ3) is 1.69. The van der Waals surface area contributed by atoms with E-state index in [0.717, 1.165) is 11.3 Å². The van der Waals surface area contributed by atoms with Crippen LogP contribution in [0.25, 0.3) is 5.69 Å². The van der Waals surface area contributed by atoms with E-state index in [1.165, 1.54) is 11.4 Å². The summed E-state index contributed by atoms with van der Waals surface area (Å²) in [7, 11) is 0. The van der Waals surface area contributed by atoms with E-state index in [-0.39, 0.29) is 0 Å². The molecule has 0 aliphatic carbocycles. The fraction of sp³-hybridized carbons (Fsp3) is 0.231. The molecule has 2 nitrogen and oxygen atoms in total. The summed E-state index contributed by atoms with van der Waals surface area (Å²) in [6, 6.07) is 8.03. The summed E-state index contributed by atoms with van der Waals surface area (Å²) in [4.78, 5) is 0. The molecule has 0 spiro atoms. The van der Waals surface area contributed by atoms with Gasteiger partial charge < -0.3 is 10.3 Å². The molecule has 0 atom stereocenters. The van der Waals surface area contributed by atoms with Gasteiger partial charge in [-0.05, 0) is 50.6 Å². The quantitative estimate of drug-likeness (QED) is 0.751. The highest BCUT2D eigenvalue weighted by Gasteiger charge is 2.09. The van der Waals surface area contributed by atoms with Crippen molar-refractivity contribution in [3.05, 3.63) is 46.2 Å². The molecule has 16 heavy (non-hydrogen) atoms. The van der Waals surface area contributed by atoms with Gasteiger partial charge >= 0.3 is 0 Å². The van der Waals surface area contributed by atoms with Gasteiger partial charge in [-0.15, -0.1) is 0 Å². The molecule has 0 saturated carbocycles. The minimum absolute atomic E-state index is 0.605. The van der Waals surface area contributed by atoms with Crippen LogP contribution < -0.4 is 5.73 Å². The number of nitrogens with two attached hydrogens (primary N) is 1. The van der Waals surface area contributed by atoms with E-state index in [9.17, 15) is 0 Å². The van der Waals surface area contributed by atoms with Gasteiger partial charge in [0.25, 0.3) is 0 Å². The fourth-order valence-electron chi connectivity index (χ4n) is 1.98. The van der Waals surface area contributed by atoms with E-state index in [0.29, 0.717) is 10.7 Å². The van der Waals surface area contributed by atoms with Gasteiger partial charge in [0.2, 0.25) is 0 Å². The van der Waals surface area contributed by atoms with Crippen LogP contribution in [-0.2, 0) is 0 Å². The molecule has 0 radical (unpaired) electrons. The predicted octanol–water partition coefficient (Wildman–Crippen LogP) is 3.64. The Morgan fingerprint density at radius 2 is 1.62 bits per heavy atom. The zero-order valence-electron chi connectivity index (χ0n) is 9.71. The number of aromatic nitrogens is 1. The molecule has 0 bridgehead atoms. The van der Waals surface area contributed by atoms with Crippen molar-refractivity contribution in [3.63, 3.8) is 0 Å². The Balaban J connectivity index is 2.69. The number of nitrogens with zero attached hydrogens (tertiary/aromatic N) is 1. The molecular formula is C13H15ClN2. The molecular weight excluding hydrogens is 220 g/mol. The molecule has 2 aromatic rings. The lowest BCUT2D eigenvalue weighted by atomic mass is 10.1. The molecule has 84 valence electrons. The number of hydrogen-bond acceptors (Lipinski definition) is 1. The Kier molecular flexibility index (Phi) is 2.68. The Labute approximate surface area is 101 Å². The van der Waals surface area contributed by atoms with Crippen LogP contribution in [0.15, 0.2) is 24.3 Å². The van der Waals surface area contributed by atoms with Gasteiger partial charge in [0.1, 0.15) is 0 Å². The molecule has 1 aromatic heterocycles. The molecule has 1 heterocycles. The molecule has 0 amide bonds. The Bertz CT molecular complexity index is 522. The third-order valence-corrected chi connectivity index (χ3v) is 3.15. The summed E-state index contributed by atoms with van der Waals surface area (Å²) in [5.41, 5.74) is 11.0. The Hall–Kier alpha value is -1.41. The number of rotatable bonds is 1. The Morgan fingerprint density at radius 1 is 1.06 bits per heavy atom. The van der Waals surface area contributed by atoms with Crippen molar-refractivity contribution in [2.75, 3.05) is 5.73 Å². The van der Waals surface area contributed by atoms with Gasteiger partial charge in [0, 0.05) is 17.1 Å². The summed E-state index contributed by atoms with van der Waals surface area (Å²) in [5.74, 6) is 0. The fourth-order valence-corrected chi connectivity index (χ4v) is 2.14. The lowest BCUT2D eigenvalue weighted by Crippen LogP contribution is -2.02. The van der Waals surface area contributed by atoms with Gasteiger partial charge in [-0.3, -0.25) is 0 Å². The standard InChI is InChI=1S/C13H15ClN2/c1-8-6-12(15)11(14)7-13(8)16-9(2)4-5-10(16)3/h4-7H,15H2,1-3H3. The smallest absolute Gasteiger partial charge is 0.0656 e. The van der Waals surface area contributed by atoms with Crippen LogP contribution in [0.2, 0.25) is 5.02 Å². The van der Waals surface area contributed by atoms with Crippen LogP contribution >= 0.6 is 11.6 Å². The van der Waals surface area contributed by atoms with Crippen LogP contribution in [0, 0.1) is 20.8 Å². The number of aryl methyl sites for hydroxylation is 3. The number of anilines is 1. The summed E-state index contributed by atoms with van der Waals surface area (Å²) < 4.78 is 2.18. The first-order valence-electron chi connectivity index (χ1n) is 5.21. The molecule has 0 unspecified atom stereocenters. The largest absolute Gasteiger partial charge is 0.398 e. The molecule has 0 aliphatic heterocycles. The van der Waals surface area contributed by atoms with Crippen molar-refractivity contribution in [2.24, 2.45) is 0 Å². The van der Waals surface area contributed by atoms with E-state index in [1.54, 1.807) is 0 Å². The maximum Gasteiger partial charge on any atom is 0.0656 e. The van der Waals surface area contributed by atoms with Crippen LogP contribution in [0.5, 0.6) is 0 Å². The van der Waals surface area contributed by atoms with Crippen molar-refractivity contribution in [1.82, 2.24) is 4.57 Å². The zero-order chi connectivity index (χ0) is 11.9. The first-order chi connectivity index (χ1) is 7.50. The van der Waals surface area contributed by atoms with Gasteiger partial charge in [-0.25, -0.2) is 0 Å². The van der Waals surface area contributed by atoms with E-state index >= 15 is 0 Å². The third-order valence-electron chi connectivity index (χ3n) is 2.83. The predicted molar refractivity (Wildman–Crippen MR) is 69.4 cm³/mol. The van der Waals surface area contributed by atoms with Crippen LogP contribution in [0.1, 0.15) is 17.0 Å². The second-order valence-corrected chi connectivity index (χ2v) is 4.52. The Morgan fingerprint density at radius 3 is 2.19 bits per heavy atom. The van der Waals surface area contributed by atoms with Gasteiger partial charge in [-0.2, -0.15) is 0 Å². The van der Waals surface area contributed by atoms with Crippen molar-refractivity contribution in [2.45, 2.75) is 20.8 Å². The van der Waals surface area contributed by atoms with Crippen molar-refractivity contribution >= 4 is 17.3 Å². The van der Waals surface area contributed by atoms with E-state index in [4.69, 9.17) is 17.3 Å². The molecule has 3 heteroatoms. The summed E-state index contributed by atoms with van der Waals surface area (Å²) >= 11 is 6.07. The molecule has 2 rings (SSSR count). The van der Waals surface area contributed by atoms with Gasteiger partial charge in [0.15, 0.2) is 0 Å². The number of nitrogen functional groups attached to an aromatic ring is 1. The topological polar surface area (TPSA) is 30.9 Å². The monoisotopic (exact) mass is 234 g/mol. The summed E-state index contributed by atoms with van der Waals surface area (Å²) in [6.45, 7) is 6.20. The van der Waals surface area contributed by atoms with E-state index < -0.39 is 0 Å². The average Bonchev–Trinajstić information content (AvgIpc) is 2.53. The normalized spacial score (nSPS) is 10.8. The average molecular weight is 235 g/mol. The number of hydrogen-bond donors (Lipinski definition) is 1. The molecule has 1 aromatic carbocycles. The summed E-state index contributed by atoms with van der Waals surface area (Å²) in [6.07, 6.45) is 0. The molecule has 2 N–H and O–H groups in total. The highest BCUT2D eigenvalue weighted by Crippen LogP contribution is 2.27. The van der Waals surface area contributed by atoms with Crippen molar-refractivity contribution < 1.29 is 0 Å². The van der Waals surface area contributed by atoms with E-state index in [1.807, 2.05) is 19.1 Å².